The molecular formula is C16H13Cl2N3S. The van der Waals surface area contributed by atoms with E-state index in [1.54, 1.807) is 23.6 Å². The normalized spacial score (nSPS) is 10.8. The maximum atomic E-state index is 6.15. The third kappa shape index (κ3) is 3.84. The molecule has 1 N–H and O–H groups in total. The molecular weight excluding hydrogens is 337 g/mol. The third-order valence-corrected chi connectivity index (χ3v) is 4.74. The van der Waals surface area contributed by atoms with Crippen LogP contribution in [0.4, 0.5) is 0 Å². The Balaban J connectivity index is 1.59. The van der Waals surface area contributed by atoms with E-state index in [2.05, 4.69) is 15.3 Å². The van der Waals surface area contributed by atoms with E-state index in [0.29, 0.717) is 23.1 Å². The predicted molar refractivity (Wildman–Crippen MR) is 92.4 cm³/mol. The minimum atomic E-state index is 0.648. The van der Waals surface area contributed by atoms with Gasteiger partial charge in [-0.1, -0.05) is 35.3 Å². The number of nitrogens with zero attached hydrogens (tertiary/aromatic N) is 2. The largest absolute Gasteiger partial charge is 0.306 e. The highest BCUT2D eigenvalue weighted by atomic mass is 35.5. The highest BCUT2D eigenvalue weighted by Crippen LogP contribution is 2.25. The quantitative estimate of drug-likeness (QED) is 0.718. The molecule has 0 aliphatic carbocycles. The van der Waals surface area contributed by atoms with Gasteiger partial charge in [0.25, 0.3) is 0 Å². The molecule has 0 atom stereocenters. The van der Waals surface area contributed by atoms with E-state index >= 15 is 0 Å². The smallest absolute Gasteiger partial charge is 0.107 e. The Morgan fingerprint density at radius 2 is 2.00 bits per heavy atom. The van der Waals surface area contributed by atoms with E-state index in [4.69, 9.17) is 23.2 Å². The van der Waals surface area contributed by atoms with Crippen LogP contribution in [-0.2, 0) is 13.1 Å². The number of hydrogen-bond acceptors (Lipinski definition) is 4. The molecule has 3 rings (SSSR count). The van der Waals surface area contributed by atoms with Crippen LogP contribution in [0, 0.1) is 0 Å². The van der Waals surface area contributed by atoms with Crippen molar-refractivity contribution in [3.63, 3.8) is 0 Å². The summed E-state index contributed by atoms with van der Waals surface area (Å²) in [5.74, 6) is 0. The van der Waals surface area contributed by atoms with Gasteiger partial charge in [0.2, 0.25) is 0 Å². The number of hydrogen-bond donors (Lipinski definition) is 1. The standard InChI is InChI=1S/C16H13Cl2N3S/c17-13-4-3-11(14(18)6-13)7-20-10-16-21-9-15(22-16)12-2-1-5-19-8-12/h1-6,8-9,20H,7,10H2. The molecule has 0 saturated carbocycles. The summed E-state index contributed by atoms with van der Waals surface area (Å²) in [6.45, 7) is 1.38. The highest BCUT2D eigenvalue weighted by molar-refractivity contribution is 7.15. The molecule has 0 radical (unpaired) electrons. The van der Waals surface area contributed by atoms with E-state index in [1.165, 1.54) is 0 Å². The number of nitrogens with one attached hydrogen (secondary N) is 1. The highest BCUT2D eigenvalue weighted by Gasteiger charge is 2.05. The number of benzene rings is 1. The first-order valence-corrected chi connectivity index (χ1v) is 8.29. The van der Waals surface area contributed by atoms with E-state index in [9.17, 15) is 0 Å². The Morgan fingerprint density at radius 1 is 1.09 bits per heavy atom. The van der Waals surface area contributed by atoms with Gasteiger partial charge in [-0.05, 0) is 23.8 Å². The predicted octanol–water partition coefficient (Wildman–Crippen LogP) is 4.80. The molecule has 0 bridgehead atoms. The van der Waals surface area contributed by atoms with Crippen molar-refractivity contribution in [3.8, 4) is 10.4 Å². The maximum Gasteiger partial charge on any atom is 0.107 e. The Labute approximate surface area is 143 Å². The summed E-state index contributed by atoms with van der Waals surface area (Å²) in [6.07, 6.45) is 5.50. The van der Waals surface area contributed by atoms with Gasteiger partial charge < -0.3 is 5.32 Å². The Kier molecular flexibility index (Phi) is 5.05. The summed E-state index contributed by atoms with van der Waals surface area (Å²) in [5, 5.41) is 5.70. The first kappa shape index (κ1) is 15.4. The fourth-order valence-electron chi connectivity index (χ4n) is 2.00. The average Bonchev–Trinajstić information content (AvgIpc) is 2.99. The fourth-order valence-corrected chi connectivity index (χ4v) is 3.36. The maximum absolute atomic E-state index is 6.15. The van der Waals surface area contributed by atoms with Crippen molar-refractivity contribution in [1.29, 1.82) is 0 Å². The number of thiazole rings is 1. The molecule has 22 heavy (non-hydrogen) atoms. The van der Waals surface area contributed by atoms with Crippen molar-refractivity contribution in [2.24, 2.45) is 0 Å². The summed E-state index contributed by atoms with van der Waals surface area (Å²) < 4.78 is 0. The first-order chi connectivity index (χ1) is 10.7. The zero-order valence-electron chi connectivity index (χ0n) is 11.6. The monoisotopic (exact) mass is 349 g/mol. The minimum absolute atomic E-state index is 0.648. The lowest BCUT2D eigenvalue weighted by Crippen LogP contribution is -2.12. The van der Waals surface area contributed by atoms with Crippen LogP contribution in [0.1, 0.15) is 10.6 Å². The van der Waals surface area contributed by atoms with Crippen LogP contribution in [-0.4, -0.2) is 9.97 Å². The van der Waals surface area contributed by atoms with Crippen LogP contribution in [0.25, 0.3) is 10.4 Å². The zero-order chi connectivity index (χ0) is 15.4. The second kappa shape index (κ2) is 7.20. The van der Waals surface area contributed by atoms with Gasteiger partial charge in [-0.25, -0.2) is 4.98 Å². The molecule has 2 heterocycles. The molecule has 3 aromatic rings. The Hall–Kier alpha value is -1.46. The van der Waals surface area contributed by atoms with Crippen LogP contribution in [0.15, 0.2) is 48.9 Å². The molecule has 3 nitrogen and oxygen atoms in total. The van der Waals surface area contributed by atoms with Crippen molar-refractivity contribution in [1.82, 2.24) is 15.3 Å². The van der Waals surface area contributed by atoms with Crippen LogP contribution in [0.2, 0.25) is 10.0 Å². The lowest BCUT2D eigenvalue weighted by molar-refractivity contribution is 0.690. The second-order valence-electron chi connectivity index (χ2n) is 4.70. The van der Waals surface area contributed by atoms with E-state index in [0.717, 1.165) is 21.0 Å². The van der Waals surface area contributed by atoms with Gasteiger partial charge in [-0.3, -0.25) is 4.98 Å². The first-order valence-electron chi connectivity index (χ1n) is 6.72. The van der Waals surface area contributed by atoms with Crippen LogP contribution >= 0.6 is 34.5 Å². The fraction of sp³-hybridized carbons (Fsp3) is 0.125. The van der Waals surface area contributed by atoms with E-state index < -0.39 is 0 Å². The van der Waals surface area contributed by atoms with Gasteiger partial charge in [0.05, 0.1) is 4.88 Å². The van der Waals surface area contributed by atoms with Crippen molar-refractivity contribution in [2.75, 3.05) is 0 Å². The van der Waals surface area contributed by atoms with Gasteiger partial charge in [0.1, 0.15) is 5.01 Å². The minimum Gasteiger partial charge on any atom is -0.306 e. The van der Waals surface area contributed by atoms with Gasteiger partial charge in [0.15, 0.2) is 0 Å². The summed E-state index contributed by atoms with van der Waals surface area (Å²) >= 11 is 13.7. The van der Waals surface area contributed by atoms with Crippen molar-refractivity contribution >= 4 is 34.5 Å². The van der Waals surface area contributed by atoms with Gasteiger partial charge >= 0.3 is 0 Å². The summed E-state index contributed by atoms with van der Waals surface area (Å²) in [4.78, 5) is 9.68. The molecule has 1 aromatic carbocycles. The van der Waals surface area contributed by atoms with E-state index in [-0.39, 0.29) is 0 Å². The molecule has 6 heteroatoms. The summed E-state index contributed by atoms with van der Waals surface area (Å²) in [6, 6.07) is 9.49. The molecule has 0 aliphatic rings. The van der Waals surface area contributed by atoms with Gasteiger partial charge in [0, 0.05) is 47.3 Å². The zero-order valence-corrected chi connectivity index (χ0v) is 13.9. The van der Waals surface area contributed by atoms with Gasteiger partial charge in [-0.15, -0.1) is 11.3 Å². The van der Waals surface area contributed by atoms with Crippen LogP contribution in [0.5, 0.6) is 0 Å². The number of pyridine rings is 1. The second-order valence-corrected chi connectivity index (χ2v) is 6.66. The lowest BCUT2D eigenvalue weighted by atomic mass is 10.2. The molecule has 0 aliphatic heterocycles. The Bertz CT molecular complexity index is 759. The molecule has 0 saturated heterocycles. The molecule has 0 amide bonds. The van der Waals surface area contributed by atoms with Crippen molar-refractivity contribution in [3.05, 3.63) is 69.5 Å². The number of halogens is 2. The summed E-state index contributed by atoms with van der Waals surface area (Å²) in [7, 11) is 0. The molecule has 0 spiro atoms. The lowest BCUT2D eigenvalue weighted by Gasteiger charge is -2.05. The SMILES string of the molecule is Clc1ccc(CNCc2ncc(-c3cccnc3)s2)c(Cl)c1. The van der Waals surface area contributed by atoms with Gasteiger partial charge in [-0.2, -0.15) is 0 Å². The number of rotatable bonds is 5. The molecule has 2 aromatic heterocycles. The molecule has 0 unspecified atom stereocenters. The molecule has 112 valence electrons. The van der Waals surface area contributed by atoms with Crippen LogP contribution in [0.3, 0.4) is 0 Å². The number of aromatic nitrogens is 2. The summed E-state index contributed by atoms with van der Waals surface area (Å²) in [5.41, 5.74) is 2.11. The average molecular weight is 350 g/mol. The van der Waals surface area contributed by atoms with Crippen LogP contribution < -0.4 is 5.32 Å². The topological polar surface area (TPSA) is 37.8 Å². The van der Waals surface area contributed by atoms with Crippen molar-refractivity contribution < 1.29 is 0 Å². The molecule has 0 fully saturated rings. The van der Waals surface area contributed by atoms with Crippen molar-refractivity contribution in [2.45, 2.75) is 13.1 Å². The third-order valence-electron chi connectivity index (χ3n) is 3.11. The van der Waals surface area contributed by atoms with E-state index in [1.807, 2.05) is 36.7 Å². The Morgan fingerprint density at radius 3 is 2.77 bits per heavy atom.